The van der Waals surface area contributed by atoms with Gasteiger partial charge in [0, 0.05) is 31.1 Å². The van der Waals surface area contributed by atoms with Gasteiger partial charge in [0.2, 0.25) is 0 Å². The second-order valence-electron chi connectivity index (χ2n) is 3.93. The Morgan fingerprint density at radius 3 is 2.86 bits per heavy atom. The molecule has 1 aromatic heterocycles. The summed E-state index contributed by atoms with van der Waals surface area (Å²) in [5.41, 5.74) is 0. The molecule has 2 nitrogen and oxygen atoms in total. The van der Waals surface area contributed by atoms with Crippen molar-refractivity contribution >= 4 is 22.9 Å². The summed E-state index contributed by atoms with van der Waals surface area (Å²) in [6.45, 7) is 4.56. The molecule has 0 amide bonds. The lowest BCUT2D eigenvalue weighted by atomic mass is 10.0. The van der Waals surface area contributed by atoms with Gasteiger partial charge in [0.1, 0.15) is 0 Å². The van der Waals surface area contributed by atoms with E-state index in [-0.39, 0.29) is 0 Å². The number of thiophene rings is 1. The molecule has 14 heavy (non-hydrogen) atoms. The predicted molar refractivity (Wildman–Crippen MR) is 62.0 cm³/mol. The summed E-state index contributed by atoms with van der Waals surface area (Å²) in [5, 5.41) is 3.29. The molecule has 1 aliphatic heterocycles. The molecule has 2 rings (SSSR count). The quantitative estimate of drug-likeness (QED) is 0.852. The van der Waals surface area contributed by atoms with Gasteiger partial charge in [-0.3, -0.25) is 0 Å². The third-order valence-electron chi connectivity index (χ3n) is 2.49. The summed E-state index contributed by atoms with van der Waals surface area (Å²) >= 11 is 7.55. The summed E-state index contributed by atoms with van der Waals surface area (Å²) in [6, 6.07) is 4.09. The molecule has 2 heterocycles. The fourth-order valence-electron chi connectivity index (χ4n) is 1.69. The molecule has 4 heteroatoms. The highest BCUT2D eigenvalue weighted by Gasteiger charge is 2.18. The van der Waals surface area contributed by atoms with Crippen molar-refractivity contribution in [1.29, 1.82) is 0 Å². The van der Waals surface area contributed by atoms with Gasteiger partial charge < -0.3 is 10.2 Å². The normalized spacial score (nSPS) is 17.4. The molecular weight excluding hydrogens is 216 g/mol. The van der Waals surface area contributed by atoms with Gasteiger partial charge in [-0.2, -0.15) is 0 Å². The first-order valence-corrected chi connectivity index (χ1v) is 6.07. The van der Waals surface area contributed by atoms with Crippen LogP contribution in [0.2, 0.25) is 4.34 Å². The number of hydrogen-bond acceptors (Lipinski definition) is 3. The Kier molecular flexibility index (Phi) is 3.44. The van der Waals surface area contributed by atoms with Gasteiger partial charge in [0.15, 0.2) is 0 Å². The SMILES string of the molecule is CN(Cc1ccc(Cl)s1)CC1CNC1. The maximum atomic E-state index is 5.88. The summed E-state index contributed by atoms with van der Waals surface area (Å²) < 4.78 is 0.888. The molecule has 0 atom stereocenters. The molecule has 0 bridgehead atoms. The first-order valence-electron chi connectivity index (χ1n) is 4.87. The molecule has 1 aliphatic rings. The zero-order valence-electron chi connectivity index (χ0n) is 8.29. The topological polar surface area (TPSA) is 15.3 Å². The van der Waals surface area contributed by atoms with Gasteiger partial charge in [0.25, 0.3) is 0 Å². The predicted octanol–water partition coefficient (Wildman–Crippen LogP) is 2.05. The molecule has 1 aromatic rings. The Morgan fingerprint density at radius 2 is 2.36 bits per heavy atom. The second-order valence-corrected chi connectivity index (χ2v) is 5.73. The van der Waals surface area contributed by atoms with Crippen molar-refractivity contribution in [2.45, 2.75) is 6.54 Å². The zero-order valence-corrected chi connectivity index (χ0v) is 9.87. The van der Waals surface area contributed by atoms with E-state index in [1.54, 1.807) is 11.3 Å². The Hall–Kier alpha value is -0.0900. The van der Waals surface area contributed by atoms with Crippen LogP contribution in [0.25, 0.3) is 0 Å². The lowest BCUT2D eigenvalue weighted by molar-refractivity contribution is 0.220. The molecule has 0 aliphatic carbocycles. The minimum atomic E-state index is 0.843. The number of halogens is 1. The van der Waals surface area contributed by atoms with Crippen LogP contribution in [0.4, 0.5) is 0 Å². The van der Waals surface area contributed by atoms with Gasteiger partial charge in [-0.25, -0.2) is 0 Å². The van der Waals surface area contributed by atoms with E-state index in [4.69, 9.17) is 11.6 Å². The molecule has 0 aromatic carbocycles. The van der Waals surface area contributed by atoms with Crippen LogP contribution >= 0.6 is 22.9 Å². The molecule has 1 saturated heterocycles. The van der Waals surface area contributed by atoms with E-state index in [1.165, 1.54) is 24.5 Å². The van der Waals surface area contributed by atoms with Crippen LogP contribution in [0.3, 0.4) is 0 Å². The molecule has 0 saturated carbocycles. The average molecular weight is 231 g/mol. The van der Waals surface area contributed by atoms with Crippen molar-refractivity contribution in [3.8, 4) is 0 Å². The minimum Gasteiger partial charge on any atom is -0.316 e. The fourth-order valence-corrected chi connectivity index (χ4v) is 2.85. The minimum absolute atomic E-state index is 0.843. The summed E-state index contributed by atoms with van der Waals surface area (Å²) in [7, 11) is 2.17. The number of nitrogens with one attached hydrogen (secondary N) is 1. The second kappa shape index (κ2) is 4.62. The van der Waals surface area contributed by atoms with Crippen LogP contribution in [0, 0.1) is 5.92 Å². The van der Waals surface area contributed by atoms with E-state index in [9.17, 15) is 0 Å². The van der Waals surface area contributed by atoms with E-state index in [1.807, 2.05) is 6.07 Å². The van der Waals surface area contributed by atoms with E-state index in [2.05, 4.69) is 23.3 Å². The van der Waals surface area contributed by atoms with Crippen molar-refractivity contribution in [3.63, 3.8) is 0 Å². The lowest BCUT2D eigenvalue weighted by Gasteiger charge is -2.31. The highest BCUT2D eigenvalue weighted by atomic mass is 35.5. The molecule has 0 unspecified atom stereocenters. The molecule has 1 fully saturated rings. The highest BCUT2D eigenvalue weighted by molar-refractivity contribution is 7.16. The third-order valence-corrected chi connectivity index (χ3v) is 3.71. The van der Waals surface area contributed by atoms with Gasteiger partial charge in [-0.1, -0.05) is 11.6 Å². The largest absolute Gasteiger partial charge is 0.316 e. The van der Waals surface area contributed by atoms with Gasteiger partial charge >= 0.3 is 0 Å². The third kappa shape index (κ3) is 2.70. The Labute approximate surface area is 93.9 Å². The molecule has 0 radical (unpaired) electrons. The van der Waals surface area contributed by atoms with Crippen molar-refractivity contribution in [1.82, 2.24) is 10.2 Å². The number of rotatable bonds is 4. The monoisotopic (exact) mass is 230 g/mol. The van der Waals surface area contributed by atoms with Crippen LogP contribution in [0.1, 0.15) is 4.88 Å². The zero-order chi connectivity index (χ0) is 9.97. The smallest absolute Gasteiger partial charge is 0.0931 e. The van der Waals surface area contributed by atoms with Crippen molar-refractivity contribution in [2.24, 2.45) is 5.92 Å². The van der Waals surface area contributed by atoms with E-state index in [0.717, 1.165) is 16.8 Å². The summed E-state index contributed by atoms with van der Waals surface area (Å²) in [4.78, 5) is 3.72. The van der Waals surface area contributed by atoms with Gasteiger partial charge in [-0.15, -0.1) is 11.3 Å². The molecule has 78 valence electrons. The van der Waals surface area contributed by atoms with Gasteiger partial charge in [-0.05, 0) is 25.1 Å². The van der Waals surface area contributed by atoms with Gasteiger partial charge in [0.05, 0.1) is 4.34 Å². The van der Waals surface area contributed by atoms with E-state index >= 15 is 0 Å². The highest BCUT2D eigenvalue weighted by Crippen LogP contribution is 2.22. The standard InChI is InChI=1S/C10H15ClN2S/c1-13(6-8-4-12-5-8)7-9-2-3-10(11)14-9/h2-3,8,12H,4-7H2,1H3. The molecular formula is C10H15ClN2S. The summed E-state index contributed by atoms with van der Waals surface area (Å²) in [6.07, 6.45) is 0. The van der Waals surface area contributed by atoms with Crippen LogP contribution < -0.4 is 5.32 Å². The van der Waals surface area contributed by atoms with E-state index < -0.39 is 0 Å². The average Bonchev–Trinajstić information content (AvgIpc) is 2.44. The van der Waals surface area contributed by atoms with Crippen molar-refractivity contribution in [3.05, 3.63) is 21.3 Å². The van der Waals surface area contributed by atoms with Crippen molar-refractivity contribution < 1.29 is 0 Å². The van der Waals surface area contributed by atoms with Crippen LogP contribution in [0.15, 0.2) is 12.1 Å². The maximum absolute atomic E-state index is 5.88. The van der Waals surface area contributed by atoms with Crippen LogP contribution in [-0.2, 0) is 6.54 Å². The van der Waals surface area contributed by atoms with Crippen LogP contribution in [-0.4, -0.2) is 31.6 Å². The fraction of sp³-hybridized carbons (Fsp3) is 0.600. The maximum Gasteiger partial charge on any atom is 0.0931 e. The molecule has 1 N–H and O–H groups in total. The first kappa shape index (κ1) is 10.4. The number of nitrogens with zero attached hydrogens (tertiary/aromatic N) is 1. The van der Waals surface area contributed by atoms with E-state index in [0.29, 0.717) is 0 Å². The lowest BCUT2D eigenvalue weighted by Crippen LogP contribution is -2.47. The number of hydrogen-bond donors (Lipinski definition) is 1. The Bertz CT molecular complexity index is 296. The van der Waals surface area contributed by atoms with Crippen molar-refractivity contribution in [2.75, 3.05) is 26.7 Å². The molecule has 0 spiro atoms. The van der Waals surface area contributed by atoms with Crippen LogP contribution in [0.5, 0.6) is 0 Å². The Morgan fingerprint density at radius 1 is 1.57 bits per heavy atom. The Balaban J connectivity index is 1.78. The first-order chi connectivity index (χ1) is 6.74. The summed E-state index contributed by atoms with van der Waals surface area (Å²) in [5.74, 6) is 0.843.